The first-order chi connectivity index (χ1) is 10.6. The molecule has 4 N–H and O–H groups in total. The quantitative estimate of drug-likeness (QED) is 0.768. The van der Waals surface area contributed by atoms with Crippen molar-refractivity contribution in [3.63, 3.8) is 0 Å². The van der Waals surface area contributed by atoms with Crippen LogP contribution in [-0.2, 0) is 11.2 Å². The van der Waals surface area contributed by atoms with E-state index in [2.05, 4.69) is 10.6 Å². The molecule has 0 bridgehead atoms. The highest BCUT2D eigenvalue weighted by molar-refractivity contribution is 5.98. The van der Waals surface area contributed by atoms with Crippen molar-refractivity contribution in [2.24, 2.45) is 5.73 Å². The molecule has 0 saturated carbocycles. The zero-order valence-electron chi connectivity index (χ0n) is 13.6. The fourth-order valence-electron chi connectivity index (χ4n) is 2.59. The van der Waals surface area contributed by atoms with Crippen LogP contribution in [0.2, 0.25) is 0 Å². The lowest BCUT2D eigenvalue weighted by molar-refractivity contribution is -0.117. The SMILES string of the molecule is CCCC(N)C(=O)Nc1ccc2c(c1)N(C(=O)NCC)CC2.Cl. The lowest BCUT2D eigenvalue weighted by atomic mass is 10.1. The van der Waals surface area contributed by atoms with Gasteiger partial charge in [-0.05, 0) is 37.5 Å². The summed E-state index contributed by atoms with van der Waals surface area (Å²) in [7, 11) is 0. The van der Waals surface area contributed by atoms with Crippen molar-refractivity contribution in [3.8, 4) is 0 Å². The second-order valence-electron chi connectivity index (χ2n) is 5.47. The fourth-order valence-corrected chi connectivity index (χ4v) is 2.59. The maximum atomic E-state index is 12.0. The third-order valence-electron chi connectivity index (χ3n) is 3.76. The summed E-state index contributed by atoms with van der Waals surface area (Å²) in [4.78, 5) is 25.7. The van der Waals surface area contributed by atoms with E-state index >= 15 is 0 Å². The minimum atomic E-state index is -0.502. The van der Waals surface area contributed by atoms with Gasteiger partial charge < -0.3 is 16.4 Å². The van der Waals surface area contributed by atoms with Crippen LogP contribution in [0.4, 0.5) is 16.2 Å². The highest BCUT2D eigenvalue weighted by atomic mass is 35.5. The van der Waals surface area contributed by atoms with Gasteiger partial charge in [-0.25, -0.2) is 4.79 Å². The molecule has 0 radical (unpaired) electrons. The minimum Gasteiger partial charge on any atom is -0.338 e. The molecule has 0 aromatic heterocycles. The number of benzene rings is 1. The van der Waals surface area contributed by atoms with Crippen LogP contribution in [0.15, 0.2) is 18.2 Å². The standard InChI is InChI=1S/C16H24N4O2.ClH/c1-3-5-13(17)15(21)19-12-7-6-11-8-9-20(14(11)10-12)16(22)18-4-2;/h6-7,10,13H,3-5,8-9,17H2,1-2H3,(H,18,22)(H,19,21);1H. The van der Waals surface area contributed by atoms with E-state index in [0.29, 0.717) is 25.2 Å². The van der Waals surface area contributed by atoms with Gasteiger partial charge in [0.15, 0.2) is 0 Å². The van der Waals surface area contributed by atoms with Crippen LogP contribution in [0.1, 0.15) is 32.3 Å². The van der Waals surface area contributed by atoms with Gasteiger partial charge >= 0.3 is 6.03 Å². The van der Waals surface area contributed by atoms with Crippen LogP contribution in [0, 0.1) is 0 Å². The van der Waals surface area contributed by atoms with Crippen LogP contribution >= 0.6 is 12.4 Å². The van der Waals surface area contributed by atoms with E-state index in [9.17, 15) is 9.59 Å². The molecule has 7 heteroatoms. The number of nitrogens with zero attached hydrogens (tertiary/aromatic N) is 1. The summed E-state index contributed by atoms with van der Waals surface area (Å²) in [5.74, 6) is -0.190. The Hall–Kier alpha value is -1.79. The normalized spacial score (nSPS) is 13.8. The average molecular weight is 341 g/mol. The van der Waals surface area contributed by atoms with E-state index in [1.54, 1.807) is 4.90 Å². The number of fused-ring (bicyclic) bond motifs is 1. The van der Waals surface area contributed by atoms with Crippen molar-refractivity contribution in [1.29, 1.82) is 0 Å². The first-order valence-electron chi connectivity index (χ1n) is 7.81. The van der Waals surface area contributed by atoms with Gasteiger partial charge in [-0.1, -0.05) is 19.4 Å². The number of hydrogen-bond acceptors (Lipinski definition) is 3. The van der Waals surface area contributed by atoms with Crippen LogP contribution in [0.3, 0.4) is 0 Å². The summed E-state index contributed by atoms with van der Waals surface area (Å²) in [5, 5.41) is 5.63. The number of urea groups is 1. The number of hydrogen-bond donors (Lipinski definition) is 3. The number of anilines is 2. The lowest BCUT2D eigenvalue weighted by Crippen LogP contribution is -2.38. The van der Waals surface area contributed by atoms with Crippen LogP contribution in [-0.4, -0.2) is 31.1 Å². The fraction of sp³-hybridized carbons (Fsp3) is 0.500. The second kappa shape index (κ2) is 8.74. The molecule has 6 nitrogen and oxygen atoms in total. The zero-order chi connectivity index (χ0) is 16.1. The maximum Gasteiger partial charge on any atom is 0.321 e. The smallest absolute Gasteiger partial charge is 0.321 e. The minimum absolute atomic E-state index is 0. The average Bonchev–Trinajstić information content (AvgIpc) is 2.91. The summed E-state index contributed by atoms with van der Waals surface area (Å²) >= 11 is 0. The Morgan fingerprint density at radius 3 is 2.74 bits per heavy atom. The Labute approximate surface area is 143 Å². The Morgan fingerprint density at radius 1 is 1.35 bits per heavy atom. The van der Waals surface area contributed by atoms with Gasteiger partial charge in [0.2, 0.25) is 5.91 Å². The molecule has 23 heavy (non-hydrogen) atoms. The molecular formula is C16H25ClN4O2. The van der Waals surface area contributed by atoms with E-state index in [4.69, 9.17) is 5.73 Å². The van der Waals surface area contributed by atoms with Crippen molar-refractivity contribution >= 4 is 35.7 Å². The molecule has 1 aromatic carbocycles. The Balaban J connectivity index is 0.00000264. The monoisotopic (exact) mass is 340 g/mol. The van der Waals surface area contributed by atoms with E-state index in [1.807, 2.05) is 32.0 Å². The molecule has 1 aliphatic rings. The molecule has 1 aromatic rings. The zero-order valence-corrected chi connectivity index (χ0v) is 14.4. The molecule has 0 aliphatic carbocycles. The maximum absolute atomic E-state index is 12.0. The van der Waals surface area contributed by atoms with Gasteiger partial charge in [0.25, 0.3) is 0 Å². The Kier molecular flexibility index (Phi) is 7.32. The van der Waals surface area contributed by atoms with E-state index in [0.717, 1.165) is 24.1 Å². The van der Waals surface area contributed by atoms with Crippen molar-refractivity contribution < 1.29 is 9.59 Å². The predicted molar refractivity (Wildman–Crippen MR) is 95.3 cm³/mol. The van der Waals surface area contributed by atoms with E-state index < -0.39 is 6.04 Å². The van der Waals surface area contributed by atoms with Crippen LogP contribution in [0.25, 0.3) is 0 Å². The Bertz CT molecular complexity index is 565. The van der Waals surface area contributed by atoms with Gasteiger partial charge in [-0.2, -0.15) is 0 Å². The van der Waals surface area contributed by atoms with Gasteiger partial charge in [0.1, 0.15) is 0 Å². The van der Waals surface area contributed by atoms with E-state index in [1.165, 1.54) is 0 Å². The van der Waals surface area contributed by atoms with Crippen molar-refractivity contribution in [3.05, 3.63) is 23.8 Å². The summed E-state index contributed by atoms with van der Waals surface area (Å²) in [6.45, 7) is 5.13. The van der Waals surface area contributed by atoms with Gasteiger partial charge in [0.05, 0.1) is 11.7 Å². The summed E-state index contributed by atoms with van der Waals surface area (Å²) < 4.78 is 0. The number of amides is 3. The number of halogens is 1. The second-order valence-corrected chi connectivity index (χ2v) is 5.47. The number of carbonyl (C=O) groups is 2. The van der Waals surface area contributed by atoms with Gasteiger partial charge in [-0.15, -0.1) is 12.4 Å². The van der Waals surface area contributed by atoms with Crippen molar-refractivity contribution in [1.82, 2.24) is 5.32 Å². The topological polar surface area (TPSA) is 87.5 Å². The van der Waals surface area contributed by atoms with E-state index in [-0.39, 0.29) is 24.3 Å². The molecule has 128 valence electrons. The molecule has 0 fully saturated rings. The molecule has 0 saturated heterocycles. The summed E-state index contributed by atoms with van der Waals surface area (Å²) in [6, 6.07) is 5.05. The lowest BCUT2D eigenvalue weighted by Gasteiger charge is -2.18. The largest absolute Gasteiger partial charge is 0.338 e. The van der Waals surface area contributed by atoms with Gasteiger partial charge in [0, 0.05) is 18.8 Å². The number of nitrogens with two attached hydrogens (primary N) is 1. The first-order valence-corrected chi connectivity index (χ1v) is 7.81. The van der Waals surface area contributed by atoms with Crippen molar-refractivity contribution in [2.75, 3.05) is 23.3 Å². The molecule has 1 heterocycles. The molecule has 1 unspecified atom stereocenters. The number of carbonyl (C=O) groups excluding carboxylic acids is 2. The third-order valence-corrected chi connectivity index (χ3v) is 3.76. The molecule has 3 amide bonds. The van der Waals surface area contributed by atoms with Gasteiger partial charge in [-0.3, -0.25) is 9.69 Å². The Morgan fingerprint density at radius 2 is 2.09 bits per heavy atom. The highest BCUT2D eigenvalue weighted by Gasteiger charge is 2.25. The first kappa shape index (κ1) is 19.3. The summed E-state index contributed by atoms with van der Waals surface area (Å²) in [6.07, 6.45) is 2.35. The summed E-state index contributed by atoms with van der Waals surface area (Å²) in [5.41, 5.74) is 8.46. The van der Waals surface area contributed by atoms with Crippen molar-refractivity contribution in [2.45, 2.75) is 39.2 Å². The number of rotatable bonds is 5. The molecular weight excluding hydrogens is 316 g/mol. The molecule has 1 aliphatic heterocycles. The third kappa shape index (κ3) is 4.59. The molecule has 1 atom stereocenters. The number of nitrogens with one attached hydrogen (secondary N) is 2. The van der Waals surface area contributed by atoms with Crippen LogP contribution in [0.5, 0.6) is 0 Å². The van der Waals surface area contributed by atoms with Crippen LogP contribution < -0.4 is 21.3 Å². The molecule has 0 spiro atoms. The predicted octanol–water partition coefficient (Wildman–Crippen LogP) is 2.27. The molecule has 2 rings (SSSR count). The highest BCUT2D eigenvalue weighted by Crippen LogP contribution is 2.30.